The number of rotatable bonds is 1. The molecule has 2 fully saturated rings. The quantitative estimate of drug-likeness (QED) is 0.852. The van der Waals surface area contributed by atoms with Crippen LogP contribution in [0.4, 0.5) is 0 Å². The Labute approximate surface area is 136 Å². The van der Waals surface area contributed by atoms with Gasteiger partial charge in [0.15, 0.2) is 11.5 Å². The van der Waals surface area contributed by atoms with E-state index in [2.05, 4.69) is 5.32 Å². The topological polar surface area (TPSA) is 50.8 Å². The molecule has 0 unspecified atom stereocenters. The van der Waals surface area contributed by atoms with Crippen molar-refractivity contribution >= 4 is 18.3 Å². The molecule has 0 aliphatic carbocycles. The number of halogens is 1. The number of carbonyl (C=O) groups is 1. The zero-order valence-corrected chi connectivity index (χ0v) is 13.2. The predicted molar refractivity (Wildman–Crippen MR) is 85.1 cm³/mol. The van der Waals surface area contributed by atoms with Crippen molar-refractivity contribution in [1.82, 2.24) is 10.2 Å². The Morgan fingerprint density at radius 3 is 2.50 bits per heavy atom. The molecule has 0 spiro atoms. The van der Waals surface area contributed by atoms with Gasteiger partial charge in [-0.25, -0.2) is 0 Å². The van der Waals surface area contributed by atoms with E-state index in [1.54, 1.807) is 0 Å². The molecule has 0 saturated carbocycles. The molecular formula is C16H21ClN2O3. The standard InChI is InChI=1S/C16H20N2O3.ClH/c19-16(18-9-12-7-17-8-13(12)10-18)11-2-3-14-15(6-11)21-5-1-4-20-14;/h2-3,6,12-13,17H,1,4-5,7-10H2;1H/t12-,13+;. The highest BCUT2D eigenvalue weighted by Crippen LogP contribution is 2.32. The largest absolute Gasteiger partial charge is 0.490 e. The molecule has 2 atom stereocenters. The van der Waals surface area contributed by atoms with Crippen molar-refractivity contribution in [2.45, 2.75) is 6.42 Å². The fraction of sp³-hybridized carbons (Fsp3) is 0.562. The van der Waals surface area contributed by atoms with Crippen molar-refractivity contribution in [3.05, 3.63) is 23.8 Å². The Bertz CT molecular complexity index is 554. The van der Waals surface area contributed by atoms with Gasteiger partial charge in [-0.05, 0) is 30.0 Å². The molecule has 120 valence electrons. The molecule has 0 bridgehead atoms. The summed E-state index contributed by atoms with van der Waals surface area (Å²) < 4.78 is 11.3. The maximum absolute atomic E-state index is 12.7. The summed E-state index contributed by atoms with van der Waals surface area (Å²) in [4.78, 5) is 14.6. The first-order valence-electron chi connectivity index (χ1n) is 7.71. The first kappa shape index (κ1) is 15.4. The third-order valence-electron chi connectivity index (χ3n) is 4.67. The molecule has 1 aromatic rings. The number of nitrogens with zero attached hydrogens (tertiary/aromatic N) is 1. The number of hydrogen-bond donors (Lipinski definition) is 1. The van der Waals surface area contributed by atoms with Crippen LogP contribution >= 0.6 is 12.4 Å². The van der Waals surface area contributed by atoms with E-state index in [0.717, 1.165) is 38.3 Å². The van der Waals surface area contributed by atoms with Crippen LogP contribution in [0.1, 0.15) is 16.8 Å². The van der Waals surface area contributed by atoms with E-state index >= 15 is 0 Å². The van der Waals surface area contributed by atoms with E-state index in [0.29, 0.717) is 36.4 Å². The molecule has 1 amide bonds. The lowest BCUT2D eigenvalue weighted by atomic mass is 10.0. The lowest BCUT2D eigenvalue weighted by Gasteiger charge is -2.18. The average molecular weight is 325 g/mol. The molecule has 0 aromatic heterocycles. The van der Waals surface area contributed by atoms with Crippen LogP contribution in [0.15, 0.2) is 18.2 Å². The van der Waals surface area contributed by atoms with Crippen molar-refractivity contribution < 1.29 is 14.3 Å². The van der Waals surface area contributed by atoms with E-state index in [1.807, 2.05) is 23.1 Å². The summed E-state index contributed by atoms with van der Waals surface area (Å²) in [7, 11) is 0. The second-order valence-corrected chi connectivity index (χ2v) is 6.10. The summed E-state index contributed by atoms with van der Waals surface area (Å²) in [5.41, 5.74) is 0.701. The number of nitrogens with one attached hydrogen (secondary N) is 1. The van der Waals surface area contributed by atoms with Gasteiger partial charge < -0.3 is 19.7 Å². The van der Waals surface area contributed by atoms with Gasteiger partial charge >= 0.3 is 0 Å². The molecule has 1 aromatic carbocycles. The predicted octanol–water partition coefficient (Wildman–Crippen LogP) is 1.56. The number of amides is 1. The Hall–Kier alpha value is -1.46. The van der Waals surface area contributed by atoms with Crippen LogP contribution in [-0.2, 0) is 0 Å². The molecule has 0 radical (unpaired) electrons. The van der Waals surface area contributed by atoms with Gasteiger partial charge in [0.1, 0.15) is 0 Å². The van der Waals surface area contributed by atoms with Gasteiger partial charge in [-0.15, -0.1) is 12.4 Å². The molecule has 22 heavy (non-hydrogen) atoms. The number of benzene rings is 1. The van der Waals surface area contributed by atoms with Gasteiger partial charge in [-0.2, -0.15) is 0 Å². The third kappa shape index (κ3) is 2.75. The van der Waals surface area contributed by atoms with Crippen LogP contribution in [0, 0.1) is 11.8 Å². The molecule has 3 aliphatic rings. The van der Waals surface area contributed by atoms with E-state index in [4.69, 9.17) is 9.47 Å². The maximum atomic E-state index is 12.7. The molecule has 3 aliphatic heterocycles. The normalized spacial score (nSPS) is 26.1. The number of hydrogen-bond acceptors (Lipinski definition) is 4. The number of fused-ring (bicyclic) bond motifs is 2. The van der Waals surface area contributed by atoms with Crippen LogP contribution in [0.25, 0.3) is 0 Å². The van der Waals surface area contributed by atoms with Gasteiger partial charge in [0.25, 0.3) is 5.91 Å². The van der Waals surface area contributed by atoms with Gasteiger partial charge in [-0.1, -0.05) is 0 Å². The molecule has 4 rings (SSSR count). The van der Waals surface area contributed by atoms with Crippen LogP contribution in [0.5, 0.6) is 11.5 Å². The fourth-order valence-electron chi connectivity index (χ4n) is 3.50. The van der Waals surface area contributed by atoms with E-state index in [9.17, 15) is 4.79 Å². The molecule has 5 nitrogen and oxygen atoms in total. The van der Waals surface area contributed by atoms with Gasteiger partial charge in [-0.3, -0.25) is 4.79 Å². The Balaban J connectivity index is 0.00000144. The van der Waals surface area contributed by atoms with Crippen LogP contribution < -0.4 is 14.8 Å². The summed E-state index contributed by atoms with van der Waals surface area (Å²) in [5, 5.41) is 3.40. The van der Waals surface area contributed by atoms with Gasteiger partial charge in [0.05, 0.1) is 13.2 Å². The number of likely N-dealkylation sites (tertiary alicyclic amines) is 1. The lowest BCUT2D eigenvalue weighted by molar-refractivity contribution is 0.0781. The first-order chi connectivity index (χ1) is 10.3. The van der Waals surface area contributed by atoms with Crippen molar-refractivity contribution in [3.63, 3.8) is 0 Å². The zero-order chi connectivity index (χ0) is 14.2. The Morgan fingerprint density at radius 1 is 1.09 bits per heavy atom. The minimum atomic E-state index is 0. The van der Waals surface area contributed by atoms with Gasteiger partial charge in [0.2, 0.25) is 0 Å². The SMILES string of the molecule is Cl.O=C(c1ccc2c(c1)OCCCO2)N1C[C@H]2CNC[C@H]2C1. The second kappa shape index (κ2) is 6.34. The Kier molecular flexibility index (Phi) is 4.45. The minimum absolute atomic E-state index is 0. The summed E-state index contributed by atoms with van der Waals surface area (Å²) in [6.45, 7) is 5.12. The summed E-state index contributed by atoms with van der Waals surface area (Å²) in [6, 6.07) is 5.53. The summed E-state index contributed by atoms with van der Waals surface area (Å²) in [5.74, 6) is 2.79. The second-order valence-electron chi connectivity index (χ2n) is 6.10. The molecule has 6 heteroatoms. The molecule has 1 N–H and O–H groups in total. The fourth-order valence-corrected chi connectivity index (χ4v) is 3.50. The van der Waals surface area contributed by atoms with Gasteiger partial charge in [0, 0.05) is 38.2 Å². The number of ether oxygens (including phenoxy) is 2. The Morgan fingerprint density at radius 2 is 1.77 bits per heavy atom. The summed E-state index contributed by atoms with van der Waals surface area (Å²) in [6.07, 6.45) is 0.875. The van der Waals surface area contributed by atoms with E-state index < -0.39 is 0 Å². The van der Waals surface area contributed by atoms with Crippen molar-refractivity contribution in [3.8, 4) is 11.5 Å². The number of carbonyl (C=O) groups excluding carboxylic acids is 1. The smallest absolute Gasteiger partial charge is 0.254 e. The molecule has 3 heterocycles. The zero-order valence-electron chi connectivity index (χ0n) is 12.4. The van der Waals surface area contributed by atoms with E-state index in [-0.39, 0.29) is 18.3 Å². The highest BCUT2D eigenvalue weighted by molar-refractivity contribution is 5.95. The average Bonchev–Trinajstić information content (AvgIpc) is 3.00. The highest BCUT2D eigenvalue weighted by Gasteiger charge is 2.38. The lowest BCUT2D eigenvalue weighted by Crippen LogP contribution is -2.31. The maximum Gasteiger partial charge on any atom is 0.254 e. The monoisotopic (exact) mass is 324 g/mol. The molecule has 2 saturated heterocycles. The highest BCUT2D eigenvalue weighted by atomic mass is 35.5. The third-order valence-corrected chi connectivity index (χ3v) is 4.67. The minimum Gasteiger partial charge on any atom is -0.490 e. The molecular weight excluding hydrogens is 304 g/mol. The van der Waals surface area contributed by atoms with E-state index in [1.165, 1.54) is 0 Å². The van der Waals surface area contributed by atoms with Crippen LogP contribution in [0.3, 0.4) is 0 Å². The van der Waals surface area contributed by atoms with Crippen molar-refractivity contribution in [1.29, 1.82) is 0 Å². The van der Waals surface area contributed by atoms with Crippen LogP contribution in [0.2, 0.25) is 0 Å². The van der Waals surface area contributed by atoms with Crippen molar-refractivity contribution in [2.24, 2.45) is 11.8 Å². The first-order valence-corrected chi connectivity index (χ1v) is 7.71. The van der Waals surface area contributed by atoms with Crippen LogP contribution in [-0.4, -0.2) is 50.2 Å². The van der Waals surface area contributed by atoms with Crippen molar-refractivity contribution in [2.75, 3.05) is 39.4 Å². The summed E-state index contributed by atoms with van der Waals surface area (Å²) >= 11 is 0.